The van der Waals surface area contributed by atoms with E-state index in [-0.39, 0.29) is 44.8 Å². The standard InChI is InChI=1S/C26H33F2N5O4S2/c1-14-6-5-9-33(14)26(35)21-22(38-25(32-21)24(34)31-16-10-17(11-16)39(2,36)37)19-13-29-20(12-18(19)23(27)28)30-15-7-3-4-8-15/h12-17,23H,3-11H2,1-2H3,(H,29,30)(H,31,34)/t14-,16-,17-/m0/s1. The van der Waals surface area contributed by atoms with E-state index in [0.29, 0.717) is 25.2 Å². The van der Waals surface area contributed by atoms with Crippen LogP contribution in [0.4, 0.5) is 14.6 Å². The number of nitrogens with one attached hydrogen (secondary N) is 2. The first-order chi connectivity index (χ1) is 18.5. The minimum atomic E-state index is -3.19. The maximum atomic E-state index is 14.3. The molecule has 3 aliphatic rings. The van der Waals surface area contributed by atoms with Crippen LogP contribution in [-0.2, 0) is 9.84 Å². The molecule has 2 N–H and O–H groups in total. The van der Waals surface area contributed by atoms with E-state index in [1.165, 1.54) is 18.5 Å². The van der Waals surface area contributed by atoms with Crippen LogP contribution in [0.15, 0.2) is 12.3 Å². The number of anilines is 1. The molecule has 0 radical (unpaired) electrons. The van der Waals surface area contributed by atoms with E-state index in [1.54, 1.807) is 4.90 Å². The molecule has 2 saturated carbocycles. The van der Waals surface area contributed by atoms with Gasteiger partial charge in [0.25, 0.3) is 18.2 Å². The summed E-state index contributed by atoms with van der Waals surface area (Å²) in [5.74, 6) is -0.604. The summed E-state index contributed by atoms with van der Waals surface area (Å²) in [7, 11) is -3.19. The van der Waals surface area contributed by atoms with Crippen LogP contribution in [0.1, 0.15) is 90.6 Å². The van der Waals surface area contributed by atoms with E-state index in [2.05, 4.69) is 20.6 Å². The molecule has 3 heterocycles. The number of hydrogen-bond donors (Lipinski definition) is 2. The fourth-order valence-electron chi connectivity index (χ4n) is 5.60. The van der Waals surface area contributed by atoms with Crippen molar-refractivity contribution in [2.75, 3.05) is 18.1 Å². The summed E-state index contributed by atoms with van der Waals surface area (Å²) in [6.07, 6.45) is 6.01. The Morgan fingerprint density at radius 1 is 1.13 bits per heavy atom. The van der Waals surface area contributed by atoms with Gasteiger partial charge in [0.2, 0.25) is 0 Å². The molecule has 0 unspecified atom stereocenters. The number of aromatic nitrogens is 2. The van der Waals surface area contributed by atoms with E-state index in [0.717, 1.165) is 49.9 Å². The Balaban J connectivity index is 1.46. The number of alkyl halides is 2. The zero-order chi connectivity index (χ0) is 27.9. The average molecular weight is 582 g/mol. The first-order valence-corrected chi connectivity index (χ1v) is 16.1. The van der Waals surface area contributed by atoms with Crippen molar-refractivity contribution in [3.63, 3.8) is 0 Å². The second kappa shape index (κ2) is 11.1. The van der Waals surface area contributed by atoms with Gasteiger partial charge in [0, 0.05) is 48.2 Å². The molecule has 212 valence electrons. The van der Waals surface area contributed by atoms with Gasteiger partial charge in [0.15, 0.2) is 5.01 Å². The van der Waals surface area contributed by atoms with Crippen molar-refractivity contribution in [2.24, 2.45) is 0 Å². The molecule has 2 aromatic heterocycles. The van der Waals surface area contributed by atoms with Crippen LogP contribution >= 0.6 is 11.3 Å². The molecule has 2 amide bonds. The number of halogens is 2. The molecule has 2 aromatic rings. The zero-order valence-electron chi connectivity index (χ0n) is 22.0. The van der Waals surface area contributed by atoms with Gasteiger partial charge in [-0.3, -0.25) is 9.59 Å². The number of amides is 2. The predicted molar refractivity (Wildman–Crippen MR) is 145 cm³/mol. The Kier molecular flexibility index (Phi) is 7.91. The number of likely N-dealkylation sites (tertiary alicyclic amines) is 1. The van der Waals surface area contributed by atoms with Crippen molar-refractivity contribution < 1.29 is 26.8 Å². The largest absolute Gasteiger partial charge is 0.367 e. The lowest BCUT2D eigenvalue weighted by Crippen LogP contribution is -2.49. The summed E-state index contributed by atoms with van der Waals surface area (Å²) in [5.41, 5.74) is -0.240. The van der Waals surface area contributed by atoms with Crippen molar-refractivity contribution >= 4 is 38.8 Å². The number of carbonyl (C=O) groups is 2. The second-order valence-corrected chi connectivity index (χ2v) is 14.2. The molecule has 9 nitrogen and oxygen atoms in total. The molecule has 0 aromatic carbocycles. The van der Waals surface area contributed by atoms with Crippen LogP contribution in [0.5, 0.6) is 0 Å². The maximum absolute atomic E-state index is 14.3. The summed E-state index contributed by atoms with van der Waals surface area (Å²) in [5, 5.41) is 5.48. The van der Waals surface area contributed by atoms with Crippen LogP contribution in [0.3, 0.4) is 0 Å². The van der Waals surface area contributed by atoms with Gasteiger partial charge in [-0.2, -0.15) is 0 Å². The third-order valence-electron chi connectivity index (χ3n) is 8.00. The molecule has 1 atom stereocenters. The number of pyridine rings is 1. The number of thiazole rings is 1. The van der Waals surface area contributed by atoms with E-state index in [1.807, 2.05) is 6.92 Å². The molecule has 3 fully saturated rings. The Morgan fingerprint density at radius 3 is 2.46 bits per heavy atom. The summed E-state index contributed by atoms with van der Waals surface area (Å²) >= 11 is 0.880. The Hall–Kier alpha value is -2.67. The average Bonchev–Trinajstić information content (AvgIpc) is 3.61. The van der Waals surface area contributed by atoms with Crippen molar-refractivity contribution in [1.29, 1.82) is 0 Å². The highest BCUT2D eigenvalue weighted by atomic mass is 32.2. The number of rotatable bonds is 8. The number of carbonyl (C=O) groups excluding carboxylic acids is 2. The van der Waals surface area contributed by atoms with Gasteiger partial charge in [-0.15, -0.1) is 11.3 Å². The van der Waals surface area contributed by atoms with Crippen LogP contribution in [-0.4, -0.2) is 71.3 Å². The number of hydrogen-bond acceptors (Lipinski definition) is 8. The van der Waals surface area contributed by atoms with Gasteiger partial charge in [0.1, 0.15) is 21.3 Å². The topological polar surface area (TPSA) is 121 Å². The predicted octanol–water partition coefficient (Wildman–Crippen LogP) is 4.43. The molecule has 5 rings (SSSR count). The van der Waals surface area contributed by atoms with E-state index >= 15 is 0 Å². The minimum Gasteiger partial charge on any atom is -0.367 e. The summed E-state index contributed by atoms with van der Waals surface area (Å²) in [6.45, 7) is 2.45. The Bertz CT molecular complexity index is 1350. The molecule has 2 aliphatic carbocycles. The Morgan fingerprint density at radius 2 is 1.85 bits per heavy atom. The maximum Gasteiger partial charge on any atom is 0.280 e. The molecule has 1 aliphatic heterocycles. The first-order valence-electron chi connectivity index (χ1n) is 13.4. The molecule has 0 spiro atoms. The zero-order valence-corrected chi connectivity index (χ0v) is 23.6. The monoisotopic (exact) mass is 581 g/mol. The van der Waals surface area contributed by atoms with Crippen molar-refractivity contribution in [3.05, 3.63) is 28.5 Å². The van der Waals surface area contributed by atoms with Gasteiger partial charge in [0.05, 0.1) is 10.1 Å². The second-order valence-electron chi connectivity index (χ2n) is 10.9. The molecule has 0 bridgehead atoms. The van der Waals surface area contributed by atoms with Crippen LogP contribution < -0.4 is 10.6 Å². The lowest BCUT2D eigenvalue weighted by molar-refractivity contribution is 0.0743. The van der Waals surface area contributed by atoms with Gasteiger partial charge < -0.3 is 15.5 Å². The van der Waals surface area contributed by atoms with Gasteiger partial charge >= 0.3 is 0 Å². The normalized spacial score (nSPS) is 23.7. The Labute approximate surface area is 230 Å². The van der Waals surface area contributed by atoms with Crippen molar-refractivity contribution in [3.8, 4) is 10.4 Å². The van der Waals surface area contributed by atoms with E-state index in [4.69, 9.17) is 0 Å². The molecule has 1 saturated heterocycles. The molecule has 13 heteroatoms. The van der Waals surface area contributed by atoms with Gasteiger partial charge in [-0.25, -0.2) is 27.2 Å². The number of sulfone groups is 1. The molecule has 39 heavy (non-hydrogen) atoms. The van der Waals surface area contributed by atoms with Gasteiger partial charge in [-0.1, -0.05) is 12.8 Å². The highest BCUT2D eigenvalue weighted by Crippen LogP contribution is 2.39. The van der Waals surface area contributed by atoms with Crippen molar-refractivity contribution in [2.45, 2.75) is 88.1 Å². The third kappa shape index (κ3) is 5.93. The fourth-order valence-corrected chi connectivity index (χ4v) is 7.75. The van der Waals surface area contributed by atoms with Gasteiger partial charge in [-0.05, 0) is 51.5 Å². The third-order valence-corrected chi connectivity index (χ3v) is 10.7. The minimum absolute atomic E-state index is 0.0297. The van der Waals surface area contributed by atoms with E-state index < -0.39 is 33.3 Å². The fraction of sp³-hybridized carbons (Fsp3) is 0.615. The highest BCUT2D eigenvalue weighted by Gasteiger charge is 2.38. The quantitative estimate of drug-likeness (QED) is 0.473. The SMILES string of the molecule is C[C@H]1CCCN1C(=O)c1nc(C(=O)N[C@H]2C[C@H](S(C)(=O)=O)C2)sc1-c1cnc(NC2CCCC2)cc1C(F)F. The highest BCUT2D eigenvalue weighted by molar-refractivity contribution is 7.91. The lowest BCUT2D eigenvalue weighted by Gasteiger charge is -2.34. The van der Waals surface area contributed by atoms with Crippen LogP contribution in [0.25, 0.3) is 10.4 Å². The van der Waals surface area contributed by atoms with Crippen LogP contribution in [0.2, 0.25) is 0 Å². The molecular weight excluding hydrogens is 548 g/mol. The summed E-state index contributed by atoms with van der Waals surface area (Å²) in [6, 6.07) is 1.15. The lowest BCUT2D eigenvalue weighted by atomic mass is 9.92. The van der Waals surface area contributed by atoms with Crippen LogP contribution in [0, 0.1) is 0 Å². The summed E-state index contributed by atoms with van der Waals surface area (Å²) in [4.78, 5) is 37.2. The number of nitrogens with zero attached hydrogens (tertiary/aromatic N) is 3. The molecular formula is C26H33F2N5O4S2. The first kappa shape index (κ1) is 27.9. The van der Waals surface area contributed by atoms with Crippen molar-refractivity contribution in [1.82, 2.24) is 20.2 Å². The smallest absolute Gasteiger partial charge is 0.280 e. The van der Waals surface area contributed by atoms with E-state index in [9.17, 15) is 26.8 Å². The summed E-state index contributed by atoms with van der Waals surface area (Å²) < 4.78 is 52.1.